The molecule has 2 aromatic carbocycles. The molecule has 2 aromatic rings. The smallest absolute Gasteiger partial charge is 0.329 e. The minimum absolute atomic E-state index is 0.0371. The maximum Gasteiger partial charge on any atom is 0.329 e. The number of amides is 2. The van der Waals surface area contributed by atoms with E-state index in [0.29, 0.717) is 12.8 Å². The molecule has 0 aliphatic rings. The van der Waals surface area contributed by atoms with Crippen molar-refractivity contribution in [2.75, 3.05) is 19.0 Å². The van der Waals surface area contributed by atoms with Crippen LogP contribution in [0.15, 0.2) is 60.7 Å². The van der Waals surface area contributed by atoms with Gasteiger partial charge >= 0.3 is 11.9 Å². The van der Waals surface area contributed by atoms with Crippen LogP contribution in [0.4, 0.5) is 0 Å². The molecule has 11 nitrogen and oxygen atoms in total. The van der Waals surface area contributed by atoms with Gasteiger partial charge in [0.05, 0.1) is 25.1 Å². The lowest BCUT2D eigenvalue weighted by Gasteiger charge is -2.24. The molecule has 45 heavy (non-hydrogen) atoms. The number of nitriles is 1. The van der Waals surface area contributed by atoms with E-state index in [4.69, 9.17) is 14.7 Å². The quantitative estimate of drug-likeness (QED) is 0.169. The summed E-state index contributed by atoms with van der Waals surface area (Å²) in [5, 5.41) is 12.8. The number of nitrogens with zero attached hydrogens (tertiary/aromatic N) is 1. The molecule has 3 N–H and O–H groups in total. The fourth-order valence-corrected chi connectivity index (χ4v) is 3.61. The fourth-order valence-electron chi connectivity index (χ4n) is 3.45. The Bertz CT molecular complexity index is 1210. The minimum Gasteiger partial charge on any atom is -0.458 e. The second kappa shape index (κ2) is 21.8. The van der Waals surface area contributed by atoms with E-state index < -0.39 is 35.2 Å². The first-order valence-electron chi connectivity index (χ1n) is 14.3. The summed E-state index contributed by atoms with van der Waals surface area (Å²) < 4.78 is 10.7. The van der Waals surface area contributed by atoms with Crippen LogP contribution in [-0.4, -0.2) is 66.0 Å². The highest BCUT2D eigenvalue weighted by atomic mass is 79.9. The molecule has 0 aliphatic carbocycles. The van der Waals surface area contributed by atoms with Crippen molar-refractivity contribution in [2.24, 2.45) is 0 Å². The van der Waals surface area contributed by atoms with Crippen LogP contribution < -0.4 is 16.1 Å². The van der Waals surface area contributed by atoms with E-state index in [1.165, 1.54) is 14.0 Å². The first-order chi connectivity index (χ1) is 21.0. The van der Waals surface area contributed by atoms with E-state index in [2.05, 4.69) is 36.9 Å². The second-order valence-corrected chi connectivity index (χ2v) is 12.1. The van der Waals surface area contributed by atoms with Crippen molar-refractivity contribution in [2.45, 2.75) is 84.6 Å². The summed E-state index contributed by atoms with van der Waals surface area (Å²) >= 11 is 3.08. The molecule has 248 valence electrons. The highest BCUT2D eigenvalue weighted by Gasteiger charge is 2.28. The Kier molecular flexibility index (Phi) is 20.0. The van der Waals surface area contributed by atoms with Crippen molar-refractivity contribution in [1.82, 2.24) is 16.1 Å². The molecule has 0 bridgehead atoms. The minimum atomic E-state index is -0.743. The molecule has 0 saturated carbocycles. The maximum absolute atomic E-state index is 12.3. The summed E-state index contributed by atoms with van der Waals surface area (Å²) in [6, 6.07) is 19.3. The van der Waals surface area contributed by atoms with Crippen LogP contribution in [0.2, 0.25) is 0 Å². The zero-order chi connectivity index (χ0) is 34.5. The lowest BCUT2D eigenvalue weighted by atomic mass is 10.1. The van der Waals surface area contributed by atoms with Gasteiger partial charge in [-0.2, -0.15) is 10.7 Å². The standard InChI is InChI=1S/C16H24N2O4.C15H20BrNO3.C2H3N/c1-16(2,3)22-15(20)13(18-14(19)11-17-21-4)10-12-8-6-5-7-9-12;1-15(2,3)20-14(19)12(17-13(18)10-16)9-11-7-5-4-6-8-11;1-2-3/h5-9,13,17H,10-11H2,1-4H3,(H,18,19);4-8,12H,9-10H2,1-3H3,(H,17,18);1H3/t13-;12-;/m00./s1. The molecule has 2 atom stereocenters. The number of nitrogens with one attached hydrogen (secondary N) is 3. The van der Waals surface area contributed by atoms with Gasteiger partial charge in [0.1, 0.15) is 23.3 Å². The monoisotopic (exact) mass is 690 g/mol. The number of benzene rings is 2. The molecule has 0 fully saturated rings. The average molecular weight is 692 g/mol. The summed E-state index contributed by atoms with van der Waals surface area (Å²) in [6.07, 6.45) is 0.781. The van der Waals surface area contributed by atoms with Gasteiger partial charge in [-0.25, -0.2) is 9.59 Å². The molecule has 0 heterocycles. The van der Waals surface area contributed by atoms with E-state index in [-0.39, 0.29) is 23.7 Å². The predicted molar refractivity (Wildman–Crippen MR) is 176 cm³/mol. The molecular weight excluding hydrogens is 644 g/mol. The summed E-state index contributed by atoms with van der Waals surface area (Å²) in [7, 11) is 1.42. The summed E-state index contributed by atoms with van der Waals surface area (Å²) in [5.74, 6) is -1.46. The van der Waals surface area contributed by atoms with Crippen LogP contribution >= 0.6 is 15.9 Å². The molecule has 0 radical (unpaired) electrons. The first-order valence-corrected chi connectivity index (χ1v) is 15.4. The molecule has 2 amide bonds. The zero-order valence-corrected chi connectivity index (χ0v) is 29.0. The third-order valence-corrected chi connectivity index (χ3v) is 5.63. The molecule has 0 aromatic heterocycles. The van der Waals surface area contributed by atoms with Crippen molar-refractivity contribution in [3.8, 4) is 6.07 Å². The van der Waals surface area contributed by atoms with Crippen LogP contribution in [0.1, 0.15) is 59.6 Å². The van der Waals surface area contributed by atoms with Gasteiger partial charge in [0, 0.05) is 19.8 Å². The number of carbonyl (C=O) groups excluding carboxylic acids is 4. The van der Waals surface area contributed by atoms with E-state index in [0.717, 1.165) is 11.1 Å². The second-order valence-electron chi connectivity index (χ2n) is 11.6. The van der Waals surface area contributed by atoms with Gasteiger partial charge in [0.2, 0.25) is 11.8 Å². The Morgan fingerprint density at radius 1 is 0.756 bits per heavy atom. The number of hydrogen-bond donors (Lipinski definition) is 3. The summed E-state index contributed by atoms with van der Waals surface area (Å²) in [4.78, 5) is 52.4. The normalized spacial score (nSPS) is 11.9. The molecule has 2 rings (SSSR count). The number of rotatable bonds is 12. The highest BCUT2D eigenvalue weighted by molar-refractivity contribution is 9.09. The number of hydroxylamine groups is 1. The number of hydrogen-bond acceptors (Lipinski definition) is 9. The first kappa shape index (κ1) is 41.2. The van der Waals surface area contributed by atoms with Gasteiger partial charge in [0.15, 0.2) is 0 Å². The van der Waals surface area contributed by atoms with Gasteiger partial charge in [-0.1, -0.05) is 76.6 Å². The van der Waals surface area contributed by atoms with Crippen LogP contribution in [0.5, 0.6) is 0 Å². The predicted octanol–water partition coefficient (Wildman–Crippen LogP) is 4.19. The Morgan fingerprint density at radius 2 is 1.11 bits per heavy atom. The van der Waals surface area contributed by atoms with Crippen molar-refractivity contribution in [1.29, 1.82) is 5.26 Å². The van der Waals surface area contributed by atoms with E-state index in [9.17, 15) is 19.2 Å². The van der Waals surface area contributed by atoms with Gasteiger partial charge in [-0.15, -0.1) is 0 Å². The van der Waals surface area contributed by atoms with Gasteiger partial charge in [0.25, 0.3) is 0 Å². The third-order valence-electron chi connectivity index (χ3n) is 5.12. The molecule has 0 aliphatic heterocycles. The number of carbonyl (C=O) groups is 4. The molecule has 0 unspecified atom stereocenters. The number of esters is 2. The molecule has 12 heteroatoms. The number of halogens is 1. The van der Waals surface area contributed by atoms with Crippen LogP contribution in [-0.2, 0) is 46.3 Å². The Morgan fingerprint density at radius 3 is 1.42 bits per heavy atom. The zero-order valence-electron chi connectivity index (χ0n) is 27.4. The van der Waals surface area contributed by atoms with Crippen molar-refractivity contribution in [3.63, 3.8) is 0 Å². The molecular formula is C33H47BrN4O7. The van der Waals surface area contributed by atoms with Crippen LogP contribution in [0, 0.1) is 11.3 Å². The number of ether oxygens (including phenoxy) is 2. The van der Waals surface area contributed by atoms with Crippen LogP contribution in [0.25, 0.3) is 0 Å². The molecule has 0 saturated heterocycles. The van der Waals surface area contributed by atoms with Gasteiger partial charge in [-0.3, -0.25) is 9.59 Å². The van der Waals surface area contributed by atoms with Gasteiger partial charge < -0.3 is 24.9 Å². The van der Waals surface area contributed by atoms with E-state index >= 15 is 0 Å². The summed E-state index contributed by atoms with van der Waals surface area (Å²) in [5.41, 5.74) is 3.17. The highest BCUT2D eigenvalue weighted by Crippen LogP contribution is 2.13. The van der Waals surface area contributed by atoms with Gasteiger partial charge in [-0.05, 0) is 52.7 Å². The number of alkyl halides is 1. The fraction of sp³-hybridized carbons (Fsp3) is 0.485. The van der Waals surface area contributed by atoms with Crippen molar-refractivity contribution >= 4 is 39.7 Å². The third kappa shape index (κ3) is 21.5. The summed E-state index contributed by atoms with van der Waals surface area (Å²) in [6.45, 7) is 12.2. The van der Waals surface area contributed by atoms with Crippen molar-refractivity contribution in [3.05, 3.63) is 71.8 Å². The lowest BCUT2D eigenvalue weighted by molar-refractivity contribution is -0.159. The Hall–Kier alpha value is -3.79. The Labute approximate surface area is 275 Å². The SMILES string of the molecule is CC#N.CC(C)(C)OC(=O)[C@H](Cc1ccccc1)NC(=O)CBr.CONCC(=O)N[C@@H](Cc1ccccc1)C(=O)OC(C)(C)C. The van der Waals surface area contributed by atoms with Crippen LogP contribution in [0.3, 0.4) is 0 Å². The van der Waals surface area contributed by atoms with E-state index in [1.54, 1.807) is 47.6 Å². The van der Waals surface area contributed by atoms with Crippen molar-refractivity contribution < 1.29 is 33.5 Å². The lowest BCUT2D eigenvalue weighted by Crippen LogP contribution is -2.47. The largest absolute Gasteiger partial charge is 0.458 e. The topological polar surface area (TPSA) is 156 Å². The Balaban J connectivity index is 0.000000794. The van der Waals surface area contributed by atoms with E-state index in [1.807, 2.05) is 60.7 Å². The average Bonchev–Trinajstić information content (AvgIpc) is 2.95. The maximum atomic E-state index is 12.3. The molecule has 0 spiro atoms.